The van der Waals surface area contributed by atoms with E-state index in [-0.39, 0.29) is 18.5 Å². The van der Waals surface area contributed by atoms with Gasteiger partial charge in [-0.25, -0.2) is 4.98 Å². The van der Waals surface area contributed by atoms with Crippen molar-refractivity contribution in [2.75, 3.05) is 24.3 Å². The Morgan fingerprint density at radius 3 is 2.53 bits per heavy atom. The molecular formula is C8H13ClN4O2. The molecular weight excluding hydrogens is 220 g/mol. The van der Waals surface area contributed by atoms with E-state index in [0.717, 1.165) is 0 Å². The van der Waals surface area contributed by atoms with Gasteiger partial charge in [-0.15, -0.1) is 0 Å². The lowest BCUT2D eigenvalue weighted by atomic mass is 10.3. The van der Waals surface area contributed by atoms with Crippen LogP contribution in [0.5, 0.6) is 0 Å². The van der Waals surface area contributed by atoms with Crippen molar-refractivity contribution in [3.8, 4) is 0 Å². The van der Waals surface area contributed by atoms with Gasteiger partial charge < -0.3 is 21.3 Å². The van der Waals surface area contributed by atoms with E-state index in [9.17, 15) is 0 Å². The third kappa shape index (κ3) is 2.92. The molecule has 0 aliphatic heterocycles. The summed E-state index contributed by atoms with van der Waals surface area (Å²) in [7, 11) is 0. The zero-order valence-electron chi connectivity index (χ0n) is 8.24. The van der Waals surface area contributed by atoms with Crippen LogP contribution < -0.4 is 11.1 Å². The van der Waals surface area contributed by atoms with E-state index >= 15 is 0 Å². The number of aromatic nitrogens is 2. The first-order chi connectivity index (χ1) is 7.08. The molecule has 0 spiro atoms. The van der Waals surface area contributed by atoms with Gasteiger partial charge >= 0.3 is 0 Å². The van der Waals surface area contributed by atoms with E-state index in [1.807, 2.05) is 0 Å². The lowest BCUT2D eigenvalue weighted by molar-refractivity contribution is 0.203. The number of aliphatic hydroxyl groups is 2. The Bertz CT molecular complexity index is 344. The number of nitrogens with zero attached hydrogens (tertiary/aromatic N) is 2. The second-order valence-corrected chi connectivity index (χ2v) is 3.38. The van der Waals surface area contributed by atoms with Crippen molar-refractivity contribution >= 4 is 23.1 Å². The fraction of sp³-hybridized carbons (Fsp3) is 0.500. The van der Waals surface area contributed by atoms with Gasteiger partial charge in [0, 0.05) is 0 Å². The molecule has 6 nitrogen and oxygen atoms in total. The van der Waals surface area contributed by atoms with Gasteiger partial charge in [-0.3, -0.25) is 0 Å². The van der Waals surface area contributed by atoms with Crippen LogP contribution in [0, 0.1) is 6.92 Å². The van der Waals surface area contributed by atoms with E-state index < -0.39 is 6.04 Å². The van der Waals surface area contributed by atoms with Gasteiger partial charge in [-0.2, -0.15) is 4.98 Å². The summed E-state index contributed by atoms with van der Waals surface area (Å²) in [5.41, 5.74) is 6.60. The number of hydrogen-bond donors (Lipinski definition) is 4. The quantitative estimate of drug-likeness (QED) is 0.536. The number of anilines is 2. The SMILES string of the molecule is Cc1nc(Cl)nc(NC(CO)CO)c1N. The topological polar surface area (TPSA) is 104 Å². The van der Waals surface area contributed by atoms with Crippen LogP contribution in [0.2, 0.25) is 5.28 Å². The first-order valence-corrected chi connectivity index (χ1v) is 4.74. The Morgan fingerprint density at radius 1 is 1.40 bits per heavy atom. The highest BCUT2D eigenvalue weighted by Crippen LogP contribution is 2.20. The summed E-state index contributed by atoms with van der Waals surface area (Å²) in [6.45, 7) is 1.24. The molecule has 0 fully saturated rings. The van der Waals surface area contributed by atoms with Crippen LogP contribution in [0.25, 0.3) is 0 Å². The van der Waals surface area contributed by atoms with Crippen molar-refractivity contribution in [2.24, 2.45) is 0 Å². The summed E-state index contributed by atoms with van der Waals surface area (Å²) < 4.78 is 0. The Labute approximate surface area is 92.1 Å². The van der Waals surface area contributed by atoms with Gasteiger partial charge in [-0.1, -0.05) is 0 Å². The molecule has 0 radical (unpaired) electrons. The van der Waals surface area contributed by atoms with E-state index in [1.165, 1.54) is 0 Å². The van der Waals surface area contributed by atoms with Gasteiger partial charge in [0.05, 0.1) is 30.6 Å². The van der Waals surface area contributed by atoms with E-state index in [4.69, 9.17) is 27.5 Å². The highest BCUT2D eigenvalue weighted by molar-refractivity contribution is 6.28. The summed E-state index contributed by atoms with van der Waals surface area (Å²) in [6.07, 6.45) is 0. The van der Waals surface area contributed by atoms with Crippen molar-refractivity contribution < 1.29 is 10.2 Å². The van der Waals surface area contributed by atoms with E-state index in [1.54, 1.807) is 6.92 Å². The molecule has 15 heavy (non-hydrogen) atoms. The molecule has 7 heteroatoms. The summed E-state index contributed by atoms with van der Waals surface area (Å²) in [4.78, 5) is 7.72. The maximum absolute atomic E-state index is 8.88. The van der Waals surface area contributed by atoms with Crippen molar-refractivity contribution in [1.29, 1.82) is 0 Å². The van der Waals surface area contributed by atoms with Crippen molar-refractivity contribution in [3.05, 3.63) is 11.0 Å². The Kier molecular flexibility index (Phi) is 4.07. The molecule has 0 aromatic carbocycles. The second-order valence-electron chi connectivity index (χ2n) is 3.05. The van der Waals surface area contributed by atoms with E-state index in [2.05, 4.69) is 15.3 Å². The average molecular weight is 233 g/mol. The first kappa shape index (κ1) is 12.0. The molecule has 1 heterocycles. The number of nitrogens with one attached hydrogen (secondary N) is 1. The van der Waals surface area contributed by atoms with Crippen LogP contribution in [0.3, 0.4) is 0 Å². The summed E-state index contributed by atoms with van der Waals surface area (Å²) in [6, 6.07) is -0.516. The van der Waals surface area contributed by atoms with E-state index in [0.29, 0.717) is 17.2 Å². The van der Waals surface area contributed by atoms with Crippen LogP contribution in [-0.4, -0.2) is 39.4 Å². The van der Waals surface area contributed by atoms with Crippen LogP contribution in [0.1, 0.15) is 5.69 Å². The van der Waals surface area contributed by atoms with Crippen LogP contribution in [-0.2, 0) is 0 Å². The minimum absolute atomic E-state index is 0.0684. The number of nitrogen functional groups attached to an aromatic ring is 1. The molecule has 1 aromatic rings. The number of aliphatic hydroxyl groups excluding tert-OH is 2. The monoisotopic (exact) mass is 232 g/mol. The van der Waals surface area contributed by atoms with Crippen molar-refractivity contribution in [2.45, 2.75) is 13.0 Å². The average Bonchev–Trinajstić information content (AvgIpc) is 2.21. The largest absolute Gasteiger partial charge is 0.394 e. The summed E-state index contributed by atoms with van der Waals surface area (Å²) in [5.74, 6) is 0.320. The third-order valence-corrected chi connectivity index (χ3v) is 2.06. The summed E-state index contributed by atoms with van der Waals surface area (Å²) in [5, 5.41) is 20.6. The maximum atomic E-state index is 8.88. The summed E-state index contributed by atoms with van der Waals surface area (Å²) >= 11 is 5.65. The lowest BCUT2D eigenvalue weighted by Gasteiger charge is -2.16. The van der Waals surface area contributed by atoms with Gasteiger partial charge in [0.25, 0.3) is 0 Å². The van der Waals surface area contributed by atoms with Crippen molar-refractivity contribution in [3.63, 3.8) is 0 Å². The molecule has 0 aliphatic rings. The zero-order chi connectivity index (χ0) is 11.4. The number of nitrogens with two attached hydrogens (primary N) is 1. The van der Waals surface area contributed by atoms with Crippen molar-refractivity contribution in [1.82, 2.24) is 9.97 Å². The van der Waals surface area contributed by atoms with Crippen LogP contribution >= 0.6 is 11.6 Å². The molecule has 0 saturated heterocycles. The highest BCUT2D eigenvalue weighted by Gasteiger charge is 2.12. The smallest absolute Gasteiger partial charge is 0.224 e. The molecule has 5 N–H and O–H groups in total. The number of hydrogen-bond acceptors (Lipinski definition) is 6. The minimum atomic E-state index is -0.516. The molecule has 1 rings (SSSR count). The maximum Gasteiger partial charge on any atom is 0.224 e. The third-order valence-electron chi connectivity index (χ3n) is 1.89. The fourth-order valence-electron chi connectivity index (χ4n) is 1.000. The first-order valence-electron chi connectivity index (χ1n) is 4.36. The molecule has 0 aliphatic carbocycles. The fourth-order valence-corrected chi connectivity index (χ4v) is 1.21. The molecule has 0 saturated carbocycles. The molecule has 0 amide bonds. The van der Waals surface area contributed by atoms with Gasteiger partial charge in [0.1, 0.15) is 0 Å². The van der Waals surface area contributed by atoms with Crippen LogP contribution in [0.4, 0.5) is 11.5 Å². The Morgan fingerprint density at radius 2 is 2.00 bits per heavy atom. The van der Waals surface area contributed by atoms with Crippen LogP contribution in [0.15, 0.2) is 0 Å². The molecule has 0 atom stereocenters. The molecule has 84 valence electrons. The zero-order valence-corrected chi connectivity index (χ0v) is 8.99. The molecule has 0 unspecified atom stereocenters. The van der Waals surface area contributed by atoms with Gasteiger partial charge in [0.15, 0.2) is 5.82 Å². The minimum Gasteiger partial charge on any atom is -0.394 e. The molecule has 1 aromatic heterocycles. The second kappa shape index (κ2) is 5.11. The Balaban J connectivity index is 2.93. The standard InChI is InChI=1S/C8H13ClN4O2/c1-4-6(10)7(13-8(9)11-4)12-5(2-14)3-15/h5,14-15H,2-3,10H2,1H3,(H,11,12,13). The van der Waals surface area contributed by atoms with Gasteiger partial charge in [-0.05, 0) is 18.5 Å². The van der Waals surface area contributed by atoms with Gasteiger partial charge in [0.2, 0.25) is 5.28 Å². The lowest BCUT2D eigenvalue weighted by Crippen LogP contribution is -2.28. The Hall–Kier alpha value is -1.11. The predicted molar refractivity (Wildman–Crippen MR) is 57.8 cm³/mol. The number of rotatable bonds is 4. The molecule has 0 bridgehead atoms. The number of halogens is 1. The predicted octanol–water partition coefficient (Wildman–Crippen LogP) is -0.214. The number of aryl methyl sites for hydroxylation is 1. The normalized spacial score (nSPS) is 10.7. The highest BCUT2D eigenvalue weighted by atomic mass is 35.5.